The molecule has 96 valence electrons. The lowest BCUT2D eigenvalue weighted by molar-refractivity contribution is -0.137. The van der Waals surface area contributed by atoms with Gasteiger partial charge in [-0.3, -0.25) is 0 Å². The Labute approximate surface area is 115 Å². The van der Waals surface area contributed by atoms with Crippen molar-refractivity contribution in [3.8, 4) is 17.2 Å². The molecule has 6 heteroatoms. The molecule has 0 amide bonds. The topological polar surface area (TPSA) is 36.7 Å². The van der Waals surface area contributed by atoms with Crippen LogP contribution in [0.4, 0.5) is 13.2 Å². The van der Waals surface area contributed by atoms with E-state index in [1.165, 1.54) is 18.3 Å². The molecule has 2 aromatic rings. The lowest BCUT2D eigenvalue weighted by Crippen LogP contribution is -2.11. The first-order valence-electron chi connectivity index (χ1n) is 5.15. The minimum atomic E-state index is -4.63. The van der Waals surface area contributed by atoms with Gasteiger partial charge in [0.15, 0.2) is 5.69 Å². The average molecular weight is 327 g/mol. The van der Waals surface area contributed by atoms with Crippen molar-refractivity contribution in [2.75, 3.05) is 0 Å². The van der Waals surface area contributed by atoms with Gasteiger partial charge in [-0.2, -0.15) is 18.4 Å². The van der Waals surface area contributed by atoms with Gasteiger partial charge in [0.05, 0.1) is 5.56 Å². The highest BCUT2D eigenvalue weighted by molar-refractivity contribution is 9.10. The number of pyridine rings is 1. The SMILES string of the molecule is N#Cc1nccc(-c2cccc(Br)c2)c1C(F)(F)F. The van der Waals surface area contributed by atoms with Crippen LogP contribution in [0.15, 0.2) is 41.0 Å². The summed E-state index contributed by atoms with van der Waals surface area (Å²) in [5, 5.41) is 8.79. The summed E-state index contributed by atoms with van der Waals surface area (Å²) in [6.07, 6.45) is -3.43. The van der Waals surface area contributed by atoms with E-state index in [1.807, 2.05) is 0 Å². The van der Waals surface area contributed by atoms with Crippen molar-refractivity contribution in [1.82, 2.24) is 4.98 Å². The van der Waals surface area contributed by atoms with Crippen LogP contribution in [0.3, 0.4) is 0 Å². The largest absolute Gasteiger partial charge is 0.419 e. The summed E-state index contributed by atoms with van der Waals surface area (Å²) in [6, 6.07) is 9.20. The summed E-state index contributed by atoms with van der Waals surface area (Å²) in [7, 11) is 0. The fourth-order valence-electron chi connectivity index (χ4n) is 1.73. The number of aromatic nitrogens is 1. The molecule has 0 bridgehead atoms. The van der Waals surface area contributed by atoms with Crippen LogP contribution >= 0.6 is 15.9 Å². The molecular weight excluding hydrogens is 321 g/mol. The van der Waals surface area contributed by atoms with Gasteiger partial charge in [0.2, 0.25) is 0 Å². The smallest absolute Gasteiger partial charge is 0.245 e. The van der Waals surface area contributed by atoms with E-state index in [4.69, 9.17) is 5.26 Å². The Hall–Kier alpha value is -1.87. The molecule has 2 nitrogen and oxygen atoms in total. The van der Waals surface area contributed by atoms with Crippen LogP contribution in [-0.2, 0) is 6.18 Å². The van der Waals surface area contributed by atoms with Crippen molar-refractivity contribution in [2.45, 2.75) is 6.18 Å². The molecule has 0 aliphatic carbocycles. The number of halogens is 4. The van der Waals surface area contributed by atoms with Gasteiger partial charge in [0, 0.05) is 10.7 Å². The van der Waals surface area contributed by atoms with Crippen LogP contribution in [0.5, 0.6) is 0 Å². The second kappa shape index (κ2) is 5.02. The number of benzene rings is 1. The van der Waals surface area contributed by atoms with E-state index in [0.29, 0.717) is 10.0 Å². The van der Waals surface area contributed by atoms with E-state index in [-0.39, 0.29) is 5.56 Å². The van der Waals surface area contributed by atoms with Crippen LogP contribution in [0.25, 0.3) is 11.1 Å². The van der Waals surface area contributed by atoms with Gasteiger partial charge in [0.1, 0.15) is 6.07 Å². The van der Waals surface area contributed by atoms with E-state index < -0.39 is 17.4 Å². The zero-order valence-electron chi connectivity index (χ0n) is 9.37. The number of rotatable bonds is 1. The standard InChI is InChI=1S/C13H6BrF3N2/c14-9-3-1-2-8(6-9)10-4-5-19-11(7-18)12(10)13(15,16)17/h1-6H. The first kappa shape index (κ1) is 13.6. The van der Waals surface area contributed by atoms with Gasteiger partial charge in [-0.1, -0.05) is 28.1 Å². The van der Waals surface area contributed by atoms with Gasteiger partial charge in [0.25, 0.3) is 0 Å². The third-order valence-corrected chi connectivity index (χ3v) is 2.97. The maximum Gasteiger partial charge on any atom is 0.419 e. The zero-order valence-corrected chi connectivity index (χ0v) is 11.0. The summed E-state index contributed by atoms with van der Waals surface area (Å²) < 4.78 is 39.9. The molecule has 0 unspecified atom stereocenters. The summed E-state index contributed by atoms with van der Waals surface area (Å²) >= 11 is 3.21. The number of hydrogen-bond acceptors (Lipinski definition) is 2. The fourth-order valence-corrected chi connectivity index (χ4v) is 2.13. The number of hydrogen-bond donors (Lipinski definition) is 0. The Morgan fingerprint density at radius 1 is 1.21 bits per heavy atom. The third-order valence-electron chi connectivity index (χ3n) is 2.48. The Morgan fingerprint density at radius 2 is 1.95 bits per heavy atom. The lowest BCUT2D eigenvalue weighted by Gasteiger charge is -2.13. The van der Waals surface area contributed by atoms with Gasteiger partial charge >= 0.3 is 6.18 Å². The molecule has 1 aromatic heterocycles. The predicted octanol–water partition coefficient (Wildman–Crippen LogP) is 4.40. The monoisotopic (exact) mass is 326 g/mol. The fraction of sp³-hybridized carbons (Fsp3) is 0.0769. The molecule has 0 fully saturated rings. The van der Waals surface area contributed by atoms with E-state index >= 15 is 0 Å². The molecule has 0 atom stereocenters. The first-order valence-corrected chi connectivity index (χ1v) is 5.95. The van der Waals surface area contributed by atoms with Gasteiger partial charge in [-0.15, -0.1) is 0 Å². The Kier molecular flexibility index (Phi) is 3.58. The normalized spacial score (nSPS) is 11.1. The summed E-state index contributed by atoms with van der Waals surface area (Å²) in [5.74, 6) is 0. The molecule has 1 aromatic carbocycles. The maximum absolute atomic E-state index is 13.1. The zero-order chi connectivity index (χ0) is 14.0. The van der Waals surface area contributed by atoms with E-state index in [1.54, 1.807) is 24.3 Å². The van der Waals surface area contributed by atoms with Crippen molar-refractivity contribution >= 4 is 15.9 Å². The molecule has 0 aliphatic rings. The maximum atomic E-state index is 13.1. The quantitative estimate of drug-likeness (QED) is 0.778. The average Bonchev–Trinajstić information content (AvgIpc) is 2.36. The van der Waals surface area contributed by atoms with Crippen LogP contribution in [0.2, 0.25) is 0 Å². The van der Waals surface area contributed by atoms with Gasteiger partial charge in [-0.05, 0) is 29.3 Å². The molecule has 0 saturated heterocycles. The molecular formula is C13H6BrF3N2. The van der Waals surface area contributed by atoms with Crippen LogP contribution < -0.4 is 0 Å². The number of alkyl halides is 3. The summed E-state index contributed by atoms with van der Waals surface area (Å²) in [5.41, 5.74) is -1.30. The molecule has 0 aliphatic heterocycles. The molecule has 0 N–H and O–H groups in total. The Bertz CT molecular complexity index is 660. The van der Waals surface area contributed by atoms with Crippen molar-refractivity contribution in [3.05, 3.63) is 52.3 Å². The predicted molar refractivity (Wildman–Crippen MR) is 67.1 cm³/mol. The molecule has 0 saturated carbocycles. The molecule has 0 spiro atoms. The molecule has 0 radical (unpaired) electrons. The van der Waals surface area contributed by atoms with Crippen molar-refractivity contribution in [3.63, 3.8) is 0 Å². The Balaban J connectivity index is 2.75. The molecule has 1 heterocycles. The van der Waals surface area contributed by atoms with Crippen molar-refractivity contribution < 1.29 is 13.2 Å². The second-order valence-electron chi connectivity index (χ2n) is 3.70. The highest BCUT2D eigenvalue weighted by Crippen LogP contribution is 2.38. The second-order valence-corrected chi connectivity index (χ2v) is 4.62. The van der Waals surface area contributed by atoms with E-state index in [0.717, 1.165) is 0 Å². The summed E-state index contributed by atoms with van der Waals surface area (Å²) in [4.78, 5) is 3.48. The number of nitrogens with zero attached hydrogens (tertiary/aromatic N) is 2. The van der Waals surface area contributed by atoms with Crippen LogP contribution in [0.1, 0.15) is 11.3 Å². The van der Waals surface area contributed by atoms with Crippen molar-refractivity contribution in [2.24, 2.45) is 0 Å². The van der Waals surface area contributed by atoms with Gasteiger partial charge in [-0.25, -0.2) is 4.98 Å². The Morgan fingerprint density at radius 3 is 2.53 bits per heavy atom. The first-order chi connectivity index (χ1) is 8.93. The molecule has 2 rings (SSSR count). The van der Waals surface area contributed by atoms with Crippen LogP contribution in [0, 0.1) is 11.3 Å². The summed E-state index contributed by atoms with van der Waals surface area (Å²) in [6.45, 7) is 0. The highest BCUT2D eigenvalue weighted by atomic mass is 79.9. The van der Waals surface area contributed by atoms with Crippen molar-refractivity contribution in [1.29, 1.82) is 5.26 Å². The third kappa shape index (κ3) is 2.76. The van der Waals surface area contributed by atoms with E-state index in [9.17, 15) is 13.2 Å². The minimum Gasteiger partial charge on any atom is -0.245 e. The van der Waals surface area contributed by atoms with Crippen LogP contribution in [-0.4, -0.2) is 4.98 Å². The minimum absolute atomic E-state index is 0.0552. The molecule has 19 heavy (non-hydrogen) atoms. The lowest BCUT2D eigenvalue weighted by atomic mass is 9.99. The van der Waals surface area contributed by atoms with E-state index in [2.05, 4.69) is 20.9 Å². The number of nitriles is 1. The highest BCUT2D eigenvalue weighted by Gasteiger charge is 2.37. The van der Waals surface area contributed by atoms with Gasteiger partial charge < -0.3 is 0 Å².